The first-order chi connectivity index (χ1) is 17.9. The molecular formula is C29H46N2O6. The Balaban J connectivity index is 1.97. The molecule has 0 aromatic rings. The lowest BCUT2D eigenvalue weighted by Crippen LogP contribution is -2.56. The van der Waals surface area contributed by atoms with Crippen molar-refractivity contribution in [2.24, 2.45) is 11.8 Å². The fourth-order valence-corrected chi connectivity index (χ4v) is 6.65. The molecule has 0 aliphatic carbocycles. The van der Waals surface area contributed by atoms with E-state index in [9.17, 15) is 14.4 Å². The molecule has 0 radical (unpaired) electrons. The van der Waals surface area contributed by atoms with Gasteiger partial charge in [-0.25, -0.2) is 0 Å². The SMILES string of the molecule is C=CCCOC(=O)[C@@H]1[C@H]2C(=O)N(CCCCCCO)C(C(=O)N(CC=C)CCCC)C23CC[C@@]1(CC)O3. The van der Waals surface area contributed by atoms with Crippen molar-refractivity contribution in [1.82, 2.24) is 9.80 Å². The van der Waals surface area contributed by atoms with Gasteiger partial charge >= 0.3 is 5.97 Å². The number of fused-ring (bicyclic) bond motifs is 1. The number of esters is 1. The van der Waals surface area contributed by atoms with E-state index in [1.54, 1.807) is 22.0 Å². The Hall–Kier alpha value is -2.19. The molecule has 2 unspecified atom stereocenters. The Morgan fingerprint density at radius 2 is 1.92 bits per heavy atom. The number of aliphatic hydroxyl groups is 1. The van der Waals surface area contributed by atoms with E-state index in [4.69, 9.17) is 14.6 Å². The third-order valence-electron chi connectivity index (χ3n) is 8.48. The maximum absolute atomic E-state index is 14.2. The van der Waals surface area contributed by atoms with Crippen molar-refractivity contribution >= 4 is 17.8 Å². The number of nitrogens with zero attached hydrogens (tertiary/aromatic N) is 2. The van der Waals surface area contributed by atoms with Crippen molar-refractivity contribution in [2.75, 3.05) is 32.8 Å². The molecule has 3 aliphatic rings. The van der Waals surface area contributed by atoms with E-state index >= 15 is 0 Å². The van der Waals surface area contributed by atoms with E-state index in [1.165, 1.54) is 0 Å². The Bertz CT molecular complexity index is 846. The van der Waals surface area contributed by atoms with Crippen LogP contribution in [0.15, 0.2) is 25.3 Å². The molecule has 1 spiro atoms. The molecule has 3 aliphatic heterocycles. The number of rotatable bonds is 17. The van der Waals surface area contributed by atoms with Gasteiger partial charge in [0.1, 0.15) is 17.6 Å². The van der Waals surface area contributed by atoms with Crippen LogP contribution in [0.1, 0.15) is 78.1 Å². The van der Waals surface area contributed by atoms with Crippen molar-refractivity contribution in [3.8, 4) is 0 Å². The van der Waals surface area contributed by atoms with Crippen LogP contribution in [0, 0.1) is 11.8 Å². The molecule has 2 bridgehead atoms. The lowest BCUT2D eigenvalue weighted by molar-refractivity contribution is -0.161. The second-order valence-corrected chi connectivity index (χ2v) is 10.7. The van der Waals surface area contributed by atoms with E-state index in [1.807, 2.05) is 6.92 Å². The summed E-state index contributed by atoms with van der Waals surface area (Å²) >= 11 is 0. The quantitative estimate of drug-likeness (QED) is 0.179. The summed E-state index contributed by atoms with van der Waals surface area (Å²) in [6, 6.07) is -0.765. The van der Waals surface area contributed by atoms with Gasteiger partial charge in [0, 0.05) is 26.2 Å². The summed E-state index contributed by atoms with van der Waals surface area (Å²) in [4.78, 5) is 45.2. The number of likely N-dealkylation sites (tertiary alicyclic amines) is 1. The number of hydrogen-bond donors (Lipinski definition) is 1. The van der Waals surface area contributed by atoms with E-state index in [0.29, 0.717) is 51.7 Å². The molecule has 3 fully saturated rings. The van der Waals surface area contributed by atoms with Crippen LogP contribution < -0.4 is 0 Å². The number of aliphatic hydroxyl groups excluding tert-OH is 1. The fourth-order valence-electron chi connectivity index (χ4n) is 6.65. The molecule has 5 atom stereocenters. The van der Waals surface area contributed by atoms with Crippen LogP contribution in [0.2, 0.25) is 0 Å². The normalized spacial score (nSPS) is 29.9. The van der Waals surface area contributed by atoms with Gasteiger partial charge in [-0.3, -0.25) is 14.4 Å². The van der Waals surface area contributed by atoms with Crippen molar-refractivity contribution in [2.45, 2.75) is 95.3 Å². The minimum atomic E-state index is -1.02. The third kappa shape index (κ3) is 5.51. The zero-order valence-electron chi connectivity index (χ0n) is 22.8. The molecule has 8 heteroatoms. The summed E-state index contributed by atoms with van der Waals surface area (Å²) in [5, 5.41) is 9.11. The van der Waals surface area contributed by atoms with Crippen molar-refractivity contribution < 1.29 is 29.0 Å². The fraction of sp³-hybridized carbons (Fsp3) is 0.759. The van der Waals surface area contributed by atoms with Gasteiger partial charge in [0.05, 0.1) is 18.1 Å². The van der Waals surface area contributed by atoms with Gasteiger partial charge in [0.15, 0.2) is 0 Å². The highest BCUT2D eigenvalue weighted by molar-refractivity contribution is 5.98. The van der Waals surface area contributed by atoms with E-state index < -0.39 is 35.0 Å². The Kier molecular flexibility index (Phi) is 10.4. The van der Waals surface area contributed by atoms with Gasteiger partial charge in [0.2, 0.25) is 11.8 Å². The molecule has 1 N–H and O–H groups in total. The molecule has 3 heterocycles. The highest BCUT2D eigenvalue weighted by Gasteiger charge is 2.79. The first-order valence-corrected chi connectivity index (χ1v) is 14.2. The van der Waals surface area contributed by atoms with Gasteiger partial charge in [-0.2, -0.15) is 0 Å². The number of carbonyl (C=O) groups is 3. The molecule has 0 aromatic heterocycles. The van der Waals surface area contributed by atoms with Crippen LogP contribution in [-0.2, 0) is 23.9 Å². The Morgan fingerprint density at radius 1 is 1.16 bits per heavy atom. The monoisotopic (exact) mass is 518 g/mol. The zero-order valence-corrected chi connectivity index (χ0v) is 22.8. The van der Waals surface area contributed by atoms with Crippen LogP contribution >= 0.6 is 0 Å². The number of carbonyl (C=O) groups excluding carboxylic acids is 3. The summed E-state index contributed by atoms with van der Waals surface area (Å²) in [6.45, 7) is 13.4. The number of hydrogen-bond acceptors (Lipinski definition) is 6. The van der Waals surface area contributed by atoms with E-state index in [0.717, 1.165) is 32.1 Å². The lowest BCUT2D eigenvalue weighted by Gasteiger charge is -2.37. The van der Waals surface area contributed by atoms with Gasteiger partial charge in [-0.05, 0) is 44.9 Å². The minimum Gasteiger partial charge on any atom is -0.465 e. The van der Waals surface area contributed by atoms with Crippen LogP contribution in [0.4, 0.5) is 0 Å². The highest BCUT2D eigenvalue weighted by atomic mass is 16.6. The maximum Gasteiger partial charge on any atom is 0.312 e. The first kappa shape index (κ1) is 29.4. The maximum atomic E-state index is 14.2. The van der Waals surface area contributed by atoms with Crippen LogP contribution in [0.3, 0.4) is 0 Å². The third-order valence-corrected chi connectivity index (χ3v) is 8.48. The standard InChI is InChI=1S/C29H46N2O6/c1-5-9-18-30(17-7-3)26(34)24-29-16-15-28(8-4,37-29)23(27(35)36-21-10-6-2)22(29)25(33)31(24)19-13-11-12-14-20-32/h6-7,22-24,32H,2-3,5,8-21H2,1,4H3/t22-,23-,24?,28+,29?/m0/s1. The average molecular weight is 519 g/mol. The molecule has 208 valence electrons. The largest absolute Gasteiger partial charge is 0.465 e. The predicted octanol–water partition coefficient (Wildman–Crippen LogP) is 3.63. The summed E-state index contributed by atoms with van der Waals surface area (Å²) in [7, 11) is 0. The Labute approximate surface area is 222 Å². The lowest BCUT2D eigenvalue weighted by atomic mass is 9.65. The van der Waals surface area contributed by atoms with Crippen molar-refractivity contribution in [3.05, 3.63) is 25.3 Å². The van der Waals surface area contributed by atoms with Crippen molar-refractivity contribution in [1.29, 1.82) is 0 Å². The second-order valence-electron chi connectivity index (χ2n) is 10.7. The topological polar surface area (TPSA) is 96.4 Å². The van der Waals surface area contributed by atoms with E-state index in [-0.39, 0.29) is 25.0 Å². The molecular weight excluding hydrogens is 472 g/mol. The predicted molar refractivity (Wildman–Crippen MR) is 142 cm³/mol. The number of amides is 2. The molecule has 0 aromatic carbocycles. The van der Waals surface area contributed by atoms with Gasteiger partial charge in [-0.15, -0.1) is 13.2 Å². The summed E-state index contributed by atoms with van der Waals surface area (Å²) in [6.07, 6.45) is 10.7. The molecule has 3 rings (SSSR count). The second kappa shape index (κ2) is 13.1. The van der Waals surface area contributed by atoms with Crippen LogP contribution in [-0.4, -0.2) is 82.8 Å². The zero-order chi connectivity index (χ0) is 27.1. The van der Waals surface area contributed by atoms with Crippen LogP contribution in [0.5, 0.6) is 0 Å². The molecule has 3 saturated heterocycles. The summed E-state index contributed by atoms with van der Waals surface area (Å²) in [5.41, 5.74) is -1.81. The molecule has 0 saturated carbocycles. The molecule has 2 amide bonds. The minimum absolute atomic E-state index is 0.118. The average Bonchev–Trinajstić information content (AvgIpc) is 3.50. The summed E-state index contributed by atoms with van der Waals surface area (Å²) < 4.78 is 12.4. The van der Waals surface area contributed by atoms with Gasteiger partial charge < -0.3 is 24.4 Å². The van der Waals surface area contributed by atoms with Crippen molar-refractivity contribution in [3.63, 3.8) is 0 Å². The highest BCUT2D eigenvalue weighted by Crippen LogP contribution is 2.64. The number of unbranched alkanes of at least 4 members (excludes halogenated alkanes) is 4. The number of ether oxygens (including phenoxy) is 2. The smallest absolute Gasteiger partial charge is 0.312 e. The van der Waals surface area contributed by atoms with Gasteiger partial charge in [0.25, 0.3) is 0 Å². The van der Waals surface area contributed by atoms with Crippen LogP contribution in [0.25, 0.3) is 0 Å². The Morgan fingerprint density at radius 3 is 2.57 bits per heavy atom. The first-order valence-electron chi connectivity index (χ1n) is 14.2. The molecule has 37 heavy (non-hydrogen) atoms. The van der Waals surface area contributed by atoms with Gasteiger partial charge in [-0.1, -0.05) is 45.3 Å². The molecule has 8 nitrogen and oxygen atoms in total. The summed E-state index contributed by atoms with van der Waals surface area (Å²) in [5.74, 6) is -2.14. The van der Waals surface area contributed by atoms with E-state index in [2.05, 4.69) is 20.1 Å².